The van der Waals surface area contributed by atoms with E-state index >= 15 is 0 Å². The Kier molecular flexibility index (Phi) is 4.45. The highest BCUT2D eigenvalue weighted by molar-refractivity contribution is 6.32. The summed E-state index contributed by atoms with van der Waals surface area (Å²) in [5.74, 6) is 0.662. The zero-order chi connectivity index (χ0) is 13.8. The second kappa shape index (κ2) is 6.08. The zero-order valence-corrected chi connectivity index (χ0v) is 11.9. The fourth-order valence-electron chi connectivity index (χ4n) is 1.85. The molecule has 2 rings (SSSR count). The van der Waals surface area contributed by atoms with Gasteiger partial charge in [0.1, 0.15) is 12.4 Å². The molecule has 0 spiro atoms. The van der Waals surface area contributed by atoms with Crippen molar-refractivity contribution in [3.63, 3.8) is 0 Å². The first kappa shape index (κ1) is 13.9. The second-order valence-electron chi connectivity index (χ2n) is 4.64. The molecule has 0 bridgehead atoms. The summed E-state index contributed by atoms with van der Waals surface area (Å²) in [6, 6.07) is 5.95. The molecule has 4 nitrogen and oxygen atoms in total. The molecule has 1 aromatic carbocycles. The van der Waals surface area contributed by atoms with Gasteiger partial charge in [0, 0.05) is 12.6 Å². The first-order valence-electron chi connectivity index (χ1n) is 6.23. The van der Waals surface area contributed by atoms with Crippen LogP contribution in [0.15, 0.2) is 30.7 Å². The third-order valence-corrected chi connectivity index (χ3v) is 3.21. The lowest BCUT2D eigenvalue weighted by atomic mass is 10.2. The van der Waals surface area contributed by atoms with Crippen LogP contribution in [0.25, 0.3) is 0 Å². The van der Waals surface area contributed by atoms with Gasteiger partial charge < -0.3 is 15.0 Å². The van der Waals surface area contributed by atoms with E-state index in [1.807, 2.05) is 30.7 Å². The van der Waals surface area contributed by atoms with Gasteiger partial charge in [-0.15, -0.1) is 0 Å². The minimum Gasteiger partial charge on any atom is -0.486 e. The number of nitrogens with two attached hydrogens (primary N) is 1. The Bertz CT molecular complexity index is 551. The molecule has 2 N–H and O–H groups in total. The van der Waals surface area contributed by atoms with Crippen LogP contribution in [0.3, 0.4) is 0 Å². The Balaban J connectivity index is 2.08. The number of nitrogens with zero attached hydrogens (tertiary/aromatic N) is 2. The van der Waals surface area contributed by atoms with Crippen molar-refractivity contribution < 1.29 is 4.74 Å². The van der Waals surface area contributed by atoms with Crippen LogP contribution in [0, 0.1) is 0 Å². The number of rotatable bonds is 5. The molecular formula is C14H18ClN3O. The predicted octanol–water partition coefficient (Wildman–Crippen LogP) is 3.16. The van der Waals surface area contributed by atoms with Crippen LogP contribution < -0.4 is 10.5 Å². The van der Waals surface area contributed by atoms with Gasteiger partial charge in [-0.05, 0) is 31.5 Å². The van der Waals surface area contributed by atoms with Crippen molar-refractivity contribution in [2.45, 2.75) is 33.0 Å². The Morgan fingerprint density at radius 3 is 2.84 bits per heavy atom. The molecule has 0 aliphatic heterocycles. The van der Waals surface area contributed by atoms with Crippen LogP contribution in [-0.2, 0) is 13.2 Å². The summed E-state index contributed by atoms with van der Waals surface area (Å²) in [7, 11) is 0. The Morgan fingerprint density at radius 2 is 2.21 bits per heavy atom. The van der Waals surface area contributed by atoms with E-state index < -0.39 is 0 Å². The molecule has 0 unspecified atom stereocenters. The first-order chi connectivity index (χ1) is 9.11. The SMILES string of the molecule is CC(C)n1cncc1COc1ccc(CN)cc1Cl. The van der Waals surface area contributed by atoms with E-state index in [2.05, 4.69) is 23.4 Å². The van der Waals surface area contributed by atoms with Gasteiger partial charge in [0.15, 0.2) is 0 Å². The van der Waals surface area contributed by atoms with Crippen LogP contribution in [0.4, 0.5) is 0 Å². The summed E-state index contributed by atoms with van der Waals surface area (Å²) >= 11 is 6.15. The second-order valence-corrected chi connectivity index (χ2v) is 5.05. The van der Waals surface area contributed by atoms with E-state index in [0.717, 1.165) is 11.3 Å². The molecule has 1 heterocycles. The summed E-state index contributed by atoms with van der Waals surface area (Å²) in [5.41, 5.74) is 7.57. The fraction of sp³-hybridized carbons (Fsp3) is 0.357. The van der Waals surface area contributed by atoms with Gasteiger partial charge >= 0.3 is 0 Å². The minimum atomic E-state index is 0.358. The minimum absolute atomic E-state index is 0.358. The molecule has 19 heavy (non-hydrogen) atoms. The number of hydrogen-bond donors (Lipinski definition) is 1. The number of ether oxygens (including phenoxy) is 1. The van der Waals surface area contributed by atoms with Crippen LogP contribution in [0.1, 0.15) is 31.1 Å². The molecule has 0 radical (unpaired) electrons. The van der Waals surface area contributed by atoms with E-state index in [0.29, 0.717) is 30.0 Å². The summed E-state index contributed by atoms with van der Waals surface area (Å²) in [4.78, 5) is 4.14. The van der Waals surface area contributed by atoms with Gasteiger partial charge in [0.05, 0.1) is 23.2 Å². The Hall–Kier alpha value is -1.52. The van der Waals surface area contributed by atoms with Crippen molar-refractivity contribution >= 4 is 11.6 Å². The molecule has 0 saturated heterocycles. The largest absolute Gasteiger partial charge is 0.486 e. The number of benzene rings is 1. The first-order valence-corrected chi connectivity index (χ1v) is 6.61. The average Bonchev–Trinajstić information content (AvgIpc) is 2.85. The standard InChI is InChI=1S/C14H18ClN3O/c1-10(2)18-9-17-7-12(18)8-19-14-4-3-11(6-16)5-13(14)15/h3-5,7,9-10H,6,8,16H2,1-2H3. The van der Waals surface area contributed by atoms with Crippen molar-refractivity contribution in [3.05, 3.63) is 47.0 Å². The van der Waals surface area contributed by atoms with Gasteiger partial charge in [-0.1, -0.05) is 17.7 Å². The van der Waals surface area contributed by atoms with Crippen molar-refractivity contribution in [2.24, 2.45) is 5.73 Å². The third-order valence-electron chi connectivity index (χ3n) is 2.91. The summed E-state index contributed by atoms with van der Waals surface area (Å²) < 4.78 is 7.81. The molecule has 0 aliphatic rings. The highest BCUT2D eigenvalue weighted by atomic mass is 35.5. The van der Waals surface area contributed by atoms with Crippen LogP contribution >= 0.6 is 11.6 Å². The zero-order valence-electron chi connectivity index (χ0n) is 11.1. The van der Waals surface area contributed by atoms with Crippen molar-refractivity contribution in [1.29, 1.82) is 0 Å². The lowest BCUT2D eigenvalue weighted by Gasteiger charge is -2.13. The molecular weight excluding hydrogens is 262 g/mol. The van der Waals surface area contributed by atoms with Gasteiger partial charge in [-0.3, -0.25) is 0 Å². The molecule has 0 fully saturated rings. The molecule has 1 aromatic heterocycles. The van der Waals surface area contributed by atoms with Gasteiger partial charge in [-0.2, -0.15) is 0 Å². The lowest BCUT2D eigenvalue weighted by molar-refractivity contribution is 0.292. The van der Waals surface area contributed by atoms with Gasteiger partial charge in [0.25, 0.3) is 0 Å². The lowest BCUT2D eigenvalue weighted by Crippen LogP contribution is -2.07. The molecule has 0 amide bonds. The van der Waals surface area contributed by atoms with Crippen molar-refractivity contribution in [1.82, 2.24) is 9.55 Å². The van der Waals surface area contributed by atoms with Gasteiger partial charge in [0.2, 0.25) is 0 Å². The number of aromatic nitrogens is 2. The van der Waals surface area contributed by atoms with E-state index in [4.69, 9.17) is 22.1 Å². The molecule has 5 heteroatoms. The molecule has 0 atom stereocenters. The summed E-state index contributed by atoms with van der Waals surface area (Å²) in [5, 5.41) is 0.582. The van der Waals surface area contributed by atoms with Crippen LogP contribution in [0.5, 0.6) is 5.75 Å². The maximum atomic E-state index is 6.15. The number of hydrogen-bond acceptors (Lipinski definition) is 3. The average molecular weight is 280 g/mol. The van der Waals surface area contributed by atoms with Crippen molar-refractivity contribution in [2.75, 3.05) is 0 Å². The monoisotopic (exact) mass is 279 g/mol. The van der Waals surface area contributed by atoms with E-state index in [1.165, 1.54) is 0 Å². The maximum Gasteiger partial charge on any atom is 0.138 e. The van der Waals surface area contributed by atoms with E-state index in [-0.39, 0.29) is 0 Å². The highest BCUT2D eigenvalue weighted by Gasteiger charge is 2.08. The Labute approximate surface area is 118 Å². The topological polar surface area (TPSA) is 53.1 Å². The highest BCUT2D eigenvalue weighted by Crippen LogP contribution is 2.26. The van der Waals surface area contributed by atoms with Gasteiger partial charge in [-0.25, -0.2) is 4.98 Å². The predicted molar refractivity (Wildman–Crippen MR) is 76.3 cm³/mol. The maximum absolute atomic E-state index is 6.15. The normalized spacial score (nSPS) is 11.0. The fourth-order valence-corrected chi connectivity index (χ4v) is 2.11. The molecule has 102 valence electrons. The Morgan fingerprint density at radius 1 is 1.42 bits per heavy atom. The molecule has 0 aliphatic carbocycles. The summed E-state index contributed by atoms with van der Waals surface area (Å²) in [6.07, 6.45) is 3.62. The van der Waals surface area contributed by atoms with Crippen LogP contribution in [-0.4, -0.2) is 9.55 Å². The van der Waals surface area contributed by atoms with E-state index in [1.54, 1.807) is 0 Å². The molecule has 0 saturated carbocycles. The number of halogens is 1. The molecule has 2 aromatic rings. The smallest absolute Gasteiger partial charge is 0.138 e. The quantitative estimate of drug-likeness (QED) is 0.915. The van der Waals surface area contributed by atoms with Crippen LogP contribution in [0.2, 0.25) is 5.02 Å². The number of imidazole rings is 1. The third kappa shape index (κ3) is 3.28. The van der Waals surface area contributed by atoms with E-state index in [9.17, 15) is 0 Å². The van der Waals surface area contributed by atoms with Crippen molar-refractivity contribution in [3.8, 4) is 5.75 Å². The summed E-state index contributed by atoms with van der Waals surface area (Å²) in [6.45, 7) is 5.13.